The van der Waals surface area contributed by atoms with Crippen LogP contribution in [0.3, 0.4) is 0 Å². The number of amides is 1. The molecule has 1 fully saturated rings. The number of aliphatic imine (C=N–C) groups is 1. The van der Waals surface area contributed by atoms with Crippen LogP contribution in [-0.2, 0) is 4.79 Å². The summed E-state index contributed by atoms with van der Waals surface area (Å²) in [6.07, 6.45) is 6.18. The Bertz CT molecular complexity index is 897. The quantitative estimate of drug-likeness (QED) is 0.578. The fraction of sp³-hybridized carbons (Fsp3) is 0.0556. The summed E-state index contributed by atoms with van der Waals surface area (Å²) < 4.78 is 13.9. The minimum Gasteiger partial charge on any atom is -0.283 e. The van der Waals surface area contributed by atoms with E-state index in [1.165, 1.54) is 35.0 Å². The number of amidine groups is 1. The second kappa shape index (κ2) is 7.63. The topological polar surface area (TPSA) is 45.6 Å². The Morgan fingerprint density at radius 2 is 2.16 bits per heavy atom. The van der Waals surface area contributed by atoms with Crippen LogP contribution < -0.4 is 0 Å². The summed E-state index contributed by atoms with van der Waals surface area (Å²) in [5, 5.41) is 0.841. The van der Waals surface area contributed by atoms with E-state index >= 15 is 0 Å². The van der Waals surface area contributed by atoms with Gasteiger partial charge in [-0.2, -0.15) is 0 Å². The molecule has 1 saturated heterocycles. The third kappa shape index (κ3) is 3.81. The van der Waals surface area contributed by atoms with E-state index in [2.05, 4.69) is 16.6 Å². The highest BCUT2D eigenvalue weighted by Crippen LogP contribution is 2.35. The van der Waals surface area contributed by atoms with Gasteiger partial charge in [-0.25, -0.2) is 9.38 Å². The second-order valence-electron chi connectivity index (χ2n) is 5.06. The molecule has 0 bridgehead atoms. The van der Waals surface area contributed by atoms with Crippen LogP contribution in [0.2, 0.25) is 5.02 Å². The highest BCUT2D eigenvalue weighted by molar-refractivity contribution is 8.18. The monoisotopic (exact) mass is 373 g/mol. The number of hydrogen-bond acceptors (Lipinski definition) is 4. The van der Waals surface area contributed by atoms with Crippen LogP contribution >= 0.6 is 23.4 Å². The lowest BCUT2D eigenvalue weighted by Gasteiger charge is -2.12. The Balaban J connectivity index is 2.00. The van der Waals surface area contributed by atoms with Gasteiger partial charge in [0.05, 0.1) is 15.6 Å². The van der Waals surface area contributed by atoms with E-state index in [-0.39, 0.29) is 11.7 Å². The lowest BCUT2D eigenvalue weighted by Crippen LogP contribution is -2.29. The minimum atomic E-state index is -0.388. The first-order chi connectivity index (χ1) is 12.1. The van der Waals surface area contributed by atoms with Crippen LogP contribution in [0, 0.1) is 5.82 Å². The summed E-state index contributed by atoms with van der Waals surface area (Å²) in [5.41, 5.74) is 0.855. The van der Waals surface area contributed by atoms with Crippen molar-refractivity contribution in [1.82, 2.24) is 9.88 Å². The van der Waals surface area contributed by atoms with E-state index in [1.807, 2.05) is 0 Å². The molecule has 0 N–H and O–H groups in total. The zero-order valence-corrected chi connectivity index (χ0v) is 14.6. The Morgan fingerprint density at radius 1 is 1.36 bits per heavy atom. The van der Waals surface area contributed by atoms with Crippen LogP contribution in [0.5, 0.6) is 0 Å². The van der Waals surface area contributed by atoms with E-state index in [0.29, 0.717) is 32.9 Å². The van der Waals surface area contributed by atoms with Crippen LogP contribution in [0.15, 0.2) is 65.3 Å². The molecule has 2 heterocycles. The number of aromatic nitrogens is 1. The Labute approximate surface area is 153 Å². The van der Waals surface area contributed by atoms with Crippen molar-refractivity contribution in [3.05, 3.63) is 76.7 Å². The third-order valence-corrected chi connectivity index (χ3v) is 4.66. The molecule has 0 saturated carbocycles. The number of nitrogens with zero attached hydrogens (tertiary/aromatic N) is 3. The number of halogens is 2. The van der Waals surface area contributed by atoms with Crippen molar-refractivity contribution >= 4 is 46.2 Å². The molecule has 1 aromatic carbocycles. The molecule has 0 atom stereocenters. The van der Waals surface area contributed by atoms with Gasteiger partial charge in [0.2, 0.25) is 0 Å². The van der Waals surface area contributed by atoms with Crippen molar-refractivity contribution in [2.24, 2.45) is 4.99 Å². The fourth-order valence-corrected chi connectivity index (χ4v) is 3.33. The Morgan fingerprint density at radius 3 is 2.88 bits per heavy atom. The number of rotatable bonds is 4. The summed E-state index contributed by atoms with van der Waals surface area (Å²) >= 11 is 7.25. The molecule has 0 spiro atoms. The molecular weight excluding hydrogens is 361 g/mol. The zero-order valence-electron chi connectivity index (χ0n) is 13.0. The van der Waals surface area contributed by atoms with E-state index in [1.54, 1.807) is 36.5 Å². The maximum absolute atomic E-state index is 13.9. The summed E-state index contributed by atoms with van der Waals surface area (Å²) in [7, 11) is 0. The molecular formula is C18H13ClFN3OS. The standard InChI is InChI=1S/C18H13ClFN3OS/c1-2-9-23-17(24)16(10-12-5-3-4-6-14(12)20)25-18(23)22-15-7-8-21-11-13(15)19/h2-8,10-11H,1,9H2/b16-10-,22-18?. The number of pyridine rings is 1. The van der Waals surface area contributed by atoms with Gasteiger partial charge in [0, 0.05) is 24.5 Å². The first-order valence-electron chi connectivity index (χ1n) is 7.35. The maximum atomic E-state index is 13.9. The number of carbonyl (C=O) groups excluding carboxylic acids is 1. The number of carbonyl (C=O) groups is 1. The van der Waals surface area contributed by atoms with Gasteiger partial charge in [-0.05, 0) is 30.0 Å². The normalized spacial score (nSPS) is 17.5. The van der Waals surface area contributed by atoms with E-state index in [0.717, 1.165) is 0 Å². The molecule has 0 unspecified atom stereocenters. The number of thioether (sulfide) groups is 1. The summed E-state index contributed by atoms with van der Waals surface area (Å²) in [4.78, 5) is 22.9. The minimum absolute atomic E-state index is 0.253. The predicted octanol–water partition coefficient (Wildman–Crippen LogP) is 4.66. The van der Waals surface area contributed by atoms with E-state index in [4.69, 9.17) is 11.6 Å². The summed E-state index contributed by atoms with van der Waals surface area (Å²) in [6, 6.07) is 7.94. The lowest BCUT2D eigenvalue weighted by atomic mass is 10.2. The maximum Gasteiger partial charge on any atom is 0.267 e. The number of hydrogen-bond donors (Lipinski definition) is 0. The van der Waals surface area contributed by atoms with Gasteiger partial charge >= 0.3 is 0 Å². The molecule has 1 aromatic heterocycles. The van der Waals surface area contributed by atoms with Crippen LogP contribution in [0.25, 0.3) is 6.08 Å². The first-order valence-corrected chi connectivity index (χ1v) is 8.54. The van der Waals surface area contributed by atoms with Crippen LogP contribution in [-0.4, -0.2) is 27.5 Å². The van der Waals surface area contributed by atoms with Gasteiger partial charge in [0.25, 0.3) is 5.91 Å². The van der Waals surface area contributed by atoms with E-state index in [9.17, 15) is 9.18 Å². The molecule has 2 aromatic rings. The van der Waals surface area contributed by atoms with Gasteiger partial charge in [0.1, 0.15) is 5.82 Å². The molecule has 4 nitrogen and oxygen atoms in total. The van der Waals surface area contributed by atoms with Crippen molar-refractivity contribution in [2.75, 3.05) is 6.54 Å². The van der Waals surface area contributed by atoms with Crippen molar-refractivity contribution in [1.29, 1.82) is 0 Å². The van der Waals surface area contributed by atoms with E-state index < -0.39 is 0 Å². The fourth-order valence-electron chi connectivity index (χ4n) is 2.18. The third-order valence-electron chi connectivity index (χ3n) is 3.36. The summed E-state index contributed by atoms with van der Waals surface area (Å²) in [6.45, 7) is 3.96. The van der Waals surface area contributed by atoms with Crippen LogP contribution in [0.4, 0.5) is 10.1 Å². The molecule has 0 radical (unpaired) electrons. The van der Waals surface area contributed by atoms with Gasteiger partial charge in [-0.1, -0.05) is 35.9 Å². The second-order valence-corrected chi connectivity index (χ2v) is 6.47. The molecule has 3 rings (SSSR count). The molecule has 0 aliphatic carbocycles. The van der Waals surface area contributed by atoms with Gasteiger partial charge in [-0.15, -0.1) is 6.58 Å². The molecule has 1 amide bonds. The molecule has 25 heavy (non-hydrogen) atoms. The molecule has 1 aliphatic heterocycles. The molecule has 126 valence electrons. The SMILES string of the molecule is C=CCN1C(=O)/C(=C/c2ccccc2F)SC1=Nc1ccncc1Cl. The van der Waals surface area contributed by atoms with Gasteiger partial charge in [-0.3, -0.25) is 14.7 Å². The Hall–Kier alpha value is -2.44. The first kappa shape index (κ1) is 17.4. The summed E-state index contributed by atoms with van der Waals surface area (Å²) in [5.74, 6) is -0.640. The zero-order chi connectivity index (χ0) is 17.8. The van der Waals surface area contributed by atoms with Gasteiger partial charge in [0.15, 0.2) is 5.17 Å². The molecule has 7 heteroatoms. The van der Waals surface area contributed by atoms with Crippen molar-refractivity contribution in [3.63, 3.8) is 0 Å². The number of benzene rings is 1. The lowest BCUT2D eigenvalue weighted by molar-refractivity contribution is -0.121. The van der Waals surface area contributed by atoms with Gasteiger partial charge < -0.3 is 0 Å². The van der Waals surface area contributed by atoms with Crippen molar-refractivity contribution < 1.29 is 9.18 Å². The largest absolute Gasteiger partial charge is 0.283 e. The highest BCUT2D eigenvalue weighted by atomic mass is 35.5. The predicted molar refractivity (Wildman–Crippen MR) is 100 cm³/mol. The average Bonchev–Trinajstić information content (AvgIpc) is 2.88. The molecule has 1 aliphatic rings. The van der Waals surface area contributed by atoms with Crippen molar-refractivity contribution in [3.8, 4) is 0 Å². The average molecular weight is 374 g/mol. The highest BCUT2D eigenvalue weighted by Gasteiger charge is 2.32. The van der Waals surface area contributed by atoms with Crippen molar-refractivity contribution in [2.45, 2.75) is 0 Å². The van der Waals surface area contributed by atoms with Crippen LogP contribution in [0.1, 0.15) is 5.56 Å². The smallest absolute Gasteiger partial charge is 0.267 e. The Kier molecular flexibility index (Phi) is 5.31.